The molecule has 254 valence electrons. The van der Waals surface area contributed by atoms with Gasteiger partial charge >= 0.3 is 35.5 Å². The molecule has 0 aliphatic heterocycles. The van der Waals surface area contributed by atoms with E-state index in [0.29, 0.717) is 31.3 Å². The van der Waals surface area contributed by atoms with E-state index in [1.807, 2.05) is 0 Å². The number of ether oxygens (including phenoxy) is 1. The van der Waals surface area contributed by atoms with E-state index < -0.39 is 58.4 Å². The number of aliphatic hydroxyl groups excluding tert-OH is 1. The van der Waals surface area contributed by atoms with Gasteiger partial charge in [-0.25, -0.2) is 4.39 Å². The molecule has 8 atom stereocenters. The van der Waals surface area contributed by atoms with Crippen molar-refractivity contribution in [3.63, 3.8) is 0 Å². The molecule has 6 nitrogen and oxygen atoms in total. The summed E-state index contributed by atoms with van der Waals surface area (Å²) < 4.78 is 22.7. The second kappa shape index (κ2) is 16.7. The normalized spacial score (nSPS) is 36.2. The van der Waals surface area contributed by atoms with Gasteiger partial charge in [-0.15, -0.1) is 0 Å². The summed E-state index contributed by atoms with van der Waals surface area (Å²) in [5.41, 5.74) is -5.36. The first kappa shape index (κ1) is 39.6. The topological polar surface area (TPSA) is 101 Å². The van der Waals surface area contributed by atoms with E-state index >= 15 is 4.39 Å². The van der Waals surface area contributed by atoms with Crippen molar-refractivity contribution in [2.45, 2.75) is 161 Å². The quantitative estimate of drug-likeness (QED) is 0.131. The first-order valence-electron chi connectivity index (χ1n) is 18.1. The molecule has 46 heavy (non-hydrogen) atoms. The number of carbonyl (C=O) groups is 3. The van der Waals surface area contributed by atoms with Crippen LogP contribution in [-0.2, 0) is 19.1 Å². The maximum atomic E-state index is 17.3. The number of Topliss-reactive ketones (excluding diaryl/α,β-unsaturated/α-hetero) is 1. The summed E-state index contributed by atoms with van der Waals surface area (Å²) >= 11 is 0. The summed E-state index contributed by atoms with van der Waals surface area (Å²) in [5, 5.41) is 23.6. The number of unbranched alkanes of at least 4 members (excludes halogenated alkanes) is 12. The molecule has 0 unspecified atom stereocenters. The molecule has 2 N–H and O–H groups in total. The number of rotatable bonds is 17. The van der Waals surface area contributed by atoms with E-state index in [2.05, 4.69) is 6.92 Å². The molecular formula is C38H59FNaO6+. The number of allylic oxidation sites excluding steroid dienone is 4. The van der Waals surface area contributed by atoms with Crippen LogP contribution in [0.15, 0.2) is 23.8 Å². The van der Waals surface area contributed by atoms with Crippen molar-refractivity contribution in [1.82, 2.24) is 0 Å². The van der Waals surface area contributed by atoms with Crippen LogP contribution in [0.25, 0.3) is 0 Å². The monoisotopic (exact) mass is 653 g/mol. The Balaban J connectivity index is 0.00000576. The molecule has 0 heterocycles. The minimum atomic E-state index is -2.02. The van der Waals surface area contributed by atoms with E-state index in [9.17, 15) is 24.6 Å². The molecule has 3 fully saturated rings. The van der Waals surface area contributed by atoms with Gasteiger partial charge in [0.25, 0.3) is 0 Å². The van der Waals surface area contributed by atoms with Gasteiger partial charge in [-0.1, -0.05) is 109 Å². The van der Waals surface area contributed by atoms with Gasteiger partial charge in [0.1, 0.15) is 5.60 Å². The van der Waals surface area contributed by atoms with Crippen LogP contribution < -0.4 is 29.6 Å². The third kappa shape index (κ3) is 7.49. The standard InChI is InChI=1S/C38H59FO6.Na/c1-5-6-7-8-9-10-11-12-13-14-15-16-17-18-34(43)45-26-33(42)38(44)27(2)23-31-30-20-19-28-24-29(40)21-22-35(28,3)37(30,39)32(41)25-36(31,38)4;/h21-22,24,27,30-32,41,44H,5-20,23,25-26H2,1-4H3;/q;+1/t27-,30+,31+,32+,35+,36+,37+,38+;/m1./s1. The van der Waals surface area contributed by atoms with E-state index in [0.717, 1.165) is 12.8 Å². The second-order valence-electron chi connectivity index (χ2n) is 15.2. The molecule has 3 saturated carbocycles. The first-order valence-corrected chi connectivity index (χ1v) is 18.1. The van der Waals surface area contributed by atoms with Crippen LogP contribution in [0.5, 0.6) is 0 Å². The summed E-state index contributed by atoms with van der Waals surface area (Å²) in [6.07, 6.45) is 20.4. The fourth-order valence-corrected chi connectivity index (χ4v) is 9.76. The number of hydrogen-bond donors (Lipinski definition) is 2. The minimum Gasteiger partial charge on any atom is -0.458 e. The number of carbonyl (C=O) groups excluding carboxylic acids is 3. The smallest absolute Gasteiger partial charge is 0.458 e. The van der Waals surface area contributed by atoms with Crippen LogP contribution in [0, 0.1) is 28.6 Å². The molecule has 0 aromatic heterocycles. The van der Waals surface area contributed by atoms with E-state index in [1.165, 1.54) is 76.4 Å². The van der Waals surface area contributed by atoms with Crippen LogP contribution in [0.1, 0.15) is 143 Å². The maximum absolute atomic E-state index is 17.3. The molecule has 4 rings (SSSR count). The van der Waals surface area contributed by atoms with Gasteiger partial charge in [-0.3, -0.25) is 14.4 Å². The average molecular weight is 654 g/mol. The zero-order chi connectivity index (χ0) is 32.9. The Morgan fingerprint density at radius 2 is 1.52 bits per heavy atom. The van der Waals surface area contributed by atoms with Crippen LogP contribution in [0.3, 0.4) is 0 Å². The summed E-state index contributed by atoms with van der Waals surface area (Å²) in [5.74, 6) is -2.59. The van der Waals surface area contributed by atoms with Gasteiger partial charge in [-0.05, 0) is 63.0 Å². The van der Waals surface area contributed by atoms with Crippen LogP contribution >= 0.6 is 0 Å². The zero-order valence-corrected chi connectivity index (χ0v) is 31.4. The van der Waals surface area contributed by atoms with Crippen molar-refractivity contribution in [3.8, 4) is 0 Å². The Hall–Kier alpha value is -0.860. The van der Waals surface area contributed by atoms with Gasteiger partial charge in [0, 0.05) is 23.2 Å². The van der Waals surface area contributed by atoms with Crippen LogP contribution in [0.2, 0.25) is 0 Å². The van der Waals surface area contributed by atoms with Gasteiger partial charge in [-0.2, -0.15) is 0 Å². The number of esters is 1. The summed E-state index contributed by atoms with van der Waals surface area (Å²) in [7, 11) is 0. The molecule has 8 heteroatoms. The number of alkyl halides is 1. The van der Waals surface area contributed by atoms with Crippen molar-refractivity contribution >= 4 is 17.5 Å². The Morgan fingerprint density at radius 1 is 0.957 bits per heavy atom. The molecule has 4 aliphatic rings. The van der Waals surface area contributed by atoms with E-state index in [4.69, 9.17) is 4.74 Å². The third-order valence-corrected chi connectivity index (χ3v) is 12.5. The van der Waals surface area contributed by atoms with Gasteiger partial charge in [0.05, 0.1) is 6.10 Å². The number of hydrogen-bond acceptors (Lipinski definition) is 6. The maximum Gasteiger partial charge on any atom is 1.00 e. The Bertz CT molecular complexity index is 1140. The molecular weight excluding hydrogens is 594 g/mol. The number of aliphatic hydroxyl groups is 2. The fraction of sp³-hybridized carbons (Fsp3) is 0.816. The first-order chi connectivity index (χ1) is 21.4. The van der Waals surface area contributed by atoms with Crippen molar-refractivity contribution in [3.05, 3.63) is 23.8 Å². The molecule has 0 amide bonds. The van der Waals surface area contributed by atoms with E-state index in [-0.39, 0.29) is 54.1 Å². The molecule has 4 aliphatic carbocycles. The Labute approximate surface area is 299 Å². The van der Waals surface area contributed by atoms with Crippen LogP contribution in [-0.4, -0.2) is 51.7 Å². The van der Waals surface area contributed by atoms with Gasteiger partial charge in [0.15, 0.2) is 18.1 Å². The number of ketones is 2. The SMILES string of the molecule is CCCCCCCCCCCCCCCC(=O)OCC(=O)[C@@]1(O)[C@H](C)C[C@H]2[C@@H]3CCC4=CC(=O)C=C[C@]4(C)[C@@]3(F)[C@@H](O)C[C@@]21C.[Na+]. The van der Waals surface area contributed by atoms with Crippen molar-refractivity contribution < 1.29 is 63.3 Å². The van der Waals surface area contributed by atoms with Gasteiger partial charge in [0.2, 0.25) is 5.78 Å². The summed E-state index contributed by atoms with van der Waals surface area (Å²) in [6, 6.07) is 0. The molecule has 0 spiro atoms. The largest absolute Gasteiger partial charge is 1.00 e. The predicted molar refractivity (Wildman–Crippen MR) is 174 cm³/mol. The number of fused-ring (bicyclic) bond motifs is 5. The predicted octanol–water partition coefficient (Wildman–Crippen LogP) is 4.93. The van der Waals surface area contributed by atoms with Crippen LogP contribution in [0.4, 0.5) is 4.39 Å². The van der Waals surface area contributed by atoms with Crippen molar-refractivity contribution in [2.24, 2.45) is 28.6 Å². The van der Waals surface area contributed by atoms with Crippen molar-refractivity contribution in [2.75, 3.05) is 6.61 Å². The molecule has 0 radical (unpaired) electrons. The zero-order valence-electron chi connectivity index (χ0n) is 29.4. The second-order valence-corrected chi connectivity index (χ2v) is 15.2. The Kier molecular flexibility index (Phi) is 14.4. The third-order valence-electron chi connectivity index (χ3n) is 12.5. The minimum absolute atomic E-state index is 0. The molecule has 0 bridgehead atoms. The van der Waals surface area contributed by atoms with Gasteiger partial charge < -0.3 is 14.9 Å². The van der Waals surface area contributed by atoms with Crippen molar-refractivity contribution in [1.29, 1.82) is 0 Å². The summed E-state index contributed by atoms with van der Waals surface area (Å²) in [4.78, 5) is 38.2. The Morgan fingerprint density at radius 3 is 2.11 bits per heavy atom. The molecule has 0 saturated heterocycles. The summed E-state index contributed by atoms with van der Waals surface area (Å²) in [6.45, 7) is 7.08. The van der Waals surface area contributed by atoms with E-state index in [1.54, 1.807) is 26.8 Å². The fourth-order valence-electron chi connectivity index (χ4n) is 9.76. The number of halogens is 1. The molecule has 0 aromatic carbocycles. The average Bonchev–Trinajstić information content (AvgIpc) is 3.20. The molecule has 0 aromatic rings.